The van der Waals surface area contributed by atoms with Crippen molar-refractivity contribution in [3.63, 3.8) is 0 Å². The number of carbonyl (C=O) groups excluding carboxylic acids is 1. The zero-order valence-electron chi connectivity index (χ0n) is 14.9. The van der Waals surface area contributed by atoms with Gasteiger partial charge in [0.15, 0.2) is 0 Å². The lowest BCUT2D eigenvalue weighted by molar-refractivity contribution is -0.122. The van der Waals surface area contributed by atoms with Gasteiger partial charge in [-0.25, -0.2) is 9.37 Å². The standard InChI is InChI=1S/C21H21FN4O/c22-16-8-10-18-15(13-16)7-9-17(24-18)14-26-12-4-2-5-19(26)21(27)25-20-6-1-3-11-23-20/h1,3,6-11,13,19H,2,4-5,12,14H2,(H,23,25,27). The van der Waals surface area contributed by atoms with E-state index in [9.17, 15) is 9.18 Å². The maximum absolute atomic E-state index is 13.3. The number of rotatable bonds is 4. The molecule has 1 aromatic carbocycles. The molecule has 3 aromatic rings. The van der Waals surface area contributed by atoms with Gasteiger partial charge in [-0.2, -0.15) is 0 Å². The van der Waals surface area contributed by atoms with Gasteiger partial charge in [0.05, 0.1) is 17.3 Å². The van der Waals surface area contributed by atoms with E-state index in [1.165, 1.54) is 12.1 Å². The number of pyridine rings is 2. The quantitative estimate of drug-likeness (QED) is 0.766. The number of anilines is 1. The van der Waals surface area contributed by atoms with E-state index >= 15 is 0 Å². The Labute approximate surface area is 157 Å². The van der Waals surface area contributed by atoms with Gasteiger partial charge in [-0.15, -0.1) is 0 Å². The molecule has 1 unspecified atom stereocenters. The minimum atomic E-state index is -0.265. The number of amides is 1. The molecular weight excluding hydrogens is 343 g/mol. The summed E-state index contributed by atoms with van der Waals surface area (Å²) in [5, 5.41) is 3.69. The Kier molecular flexibility index (Phi) is 5.07. The second-order valence-corrected chi connectivity index (χ2v) is 6.83. The molecule has 1 saturated heterocycles. The van der Waals surface area contributed by atoms with Crippen LogP contribution in [-0.2, 0) is 11.3 Å². The highest BCUT2D eigenvalue weighted by atomic mass is 19.1. The Morgan fingerprint density at radius 2 is 2.11 bits per heavy atom. The third-order valence-corrected chi connectivity index (χ3v) is 4.91. The largest absolute Gasteiger partial charge is 0.309 e. The van der Waals surface area contributed by atoms with E-state index in [1.807, 2.05) is 24.3 Å². The van der Waals surface area contributed by atoms with Crippen molar-refractivity contribution in [1.82, 2.24) is 14.9 Å². The van der Waals surface area contributed by atoms with Crippen molar-refractivity contribution in [3.8, 4) is 0 Å². The summed E-state index contributed by atoms with van der Waals surface area (Å²) in [4.78, 5) is 23.7. The van der Waals surface area contributed by atoms with E-state index < -0.39 is 0 Å². The molecule has 1 N–H and O–H groups in total. The van der Waals surface area contributed by atoms with Gasteiger partial charge in [-0.3, -0.25) is 14.7 Å². The van der Waals surface area contributed by atoms with Crippen molar-refractivity contribution in [3.05, 3.63) is 66.2 Å². The molecule has 2 aromatic heterocycles. The molecule has 0 spiro atoms. The lowest BCUT2D eigenvalue weighted by Gasteiger charge is -2.34. The van der Waals surface area contributed by atoms with Crippen molar-refractivity contribution in [2.24, 2.45) is 0 Å². The first-order chi connectivity index (χ1) is 13.2. The van der Waals surface area contributed by atoms with Crippen molar-refractivity contribution >= 4 is 22.6 Å². The molecule has 0 radical (unpaired) electrons. The zero-order chi connectivity index (χ0) is 18.6. The smallest absolute Gasteiger partial charge is 0.242 e. The third kappa shape index (κ3) is 4.11. The van der Waals surface area contributed by atoms with Crippen LogP contribution in [0.3, 0.4) is 0 Å². The van der Waals surface area contributed by atoms with E-state index in [0.29, 0.717) is 12.4 Å². The monoisotopic (exact) mass is 364 g/mol. The van der Waals surface area contributed by atoms with Gasteiger partial charge >= 0.3 is 0 Å². The van der Waals surface area contributed by atoms with Crippen LogP contribution in [0.15, 0.2) is 54.7 Å². The van der Waals surface area contributed by atoms with Gasteiger partial charge in [0.25, 0.3) is 0 Å². The van der Waals surface area contributed by atoms with Crippen LogP contribution in [0, 0.1) is 5.82 Å². The molecule has 6 heteroatoms. The van der Waals surface area contributed by atoms with Crippen LogP contribution in [0.2, 0.25) is 0 Å². The van der Waals surface area contributed by atoms with Crippen LogP contribution in [0.25, 0.3) is 10.9 Å². The first-order valence-electron chi connectivity index (χ1n) is 9.20. The summed E-state index contributed by atoms with van der Waals surface area (Å²) in [6.07, 6.45) is 4.57. The number of piperidine rings is 1. The van der Waals surface area contributed by atoms with Crippen LogP contribution in [0.1, 0.15) is 25.0 Å². The second-order valence-electron chi connectivity index (χ2n) is 6.83. The number of hydrogen-bond donors (Lipinski definition) is 1. The number of nitrogens with one attached hydrogen (secondary N) is 1. The SMILES string of the molecule is O=C(Nc1ccccn1)C1CCCCN1Cc1ccc2cc(F)ccc2n1. The number of likely N-dealkylation sites (tertiary alicyclic amines) is 1. The average molecular weight is 364 g/mol. The fourth-order valence-electron chi connectivity index (χ4n) is 3.56. The Morgan fingerprint density at radius 3 is 2.96 bits per heavy atom. The van der Waals surface area contributed by atoms with E-state index in [4.69, 9.17) is 0 Å². The van der Waals surface area contributed by atoms with Gasteiger partial charge in [-0.05, 0) is 55.8 Å². The van der Waals surface area contributed by atoms with Crippen molar-refractivity contribution in [2.75, 3.05) is 11.9 Å². The van der Waals surface area contributed by atoms with E-state index in [0.717, 1.165) is 42.4 Å². The average Bonchev–Trinajstić information content (AvgIpc) is 2.69. The molecule has 4 rings (SSSR count). The van der Waals surface area contributed by atoms with E-state index in [2.05, 4.69) is 20.2 Å². The molecule has 1 atom stereocenters. The van der Waals surface area contributed by atoms with Gasteiger partial charge in [-0.1, -0.05) is 18.6 Å². The maximum Gasteiger partial charge on any atom is 0.242 e. The van der Waals surface area contributed by atoms with Crippen LogP contribution in [0.4, 0.5) is 10.2 Å². The minimum Gasteiger partial charge on any atom is -0.309 e. The summed E-state index contributed by atoms with van der Waals surface area (Å²) in [5.41, 5.74) is 1.65. The van der Waals surface area contributed by atoms with Gasteiger partial charge in [0.1, 0.15) is 11.6 Å². The molecule has 27 heavy (non-hydrogen) atoms. The summed E-state index contributed by atoms with van der Waals surface area (Å²) < 4.78 is 13.3. The van der Waals surface area contributed by atoms with E-state index in [-0.39, 0.29) is 17.8 Å². The maximum atomic E-state index is 13.3. The summed E-state index contributed by atoms with van der Waals surface area (Å²) in [5.74, 6) is 0.273. The fraction of sp³-hybridized carbons (Fsp3) is 0.286. The Balaban J connectivity index is 1.50. The fourth-order valence-corrected chi connectivity index (χ4v) is 3.56. The predicted molar refractivity (Wildman–Crippen MR) is 103 cm³/mol. The first kappa shape index (κ1) is 17.5. The van der Waals surface area contributed by atoms with Crippen LogP contribution in [-0.4, -0.2) is 33.4 Å². The zero-order valence-corrected chi connectivity index (χ0v) is 14.9. The molecule has 5 nitrogen and oxygen atoms in total. The summed E-state index contributed by atoms with van der Waals surface area (Å²) in [6.45, 7) is 1.44. The van der Waals surface area contributed by atoms with Crippen molar-refractivity contribution < 1.29 is 9.18 Å². The topological polar surface area (TPSA) is 58.1 Å². The number of nitrogens with zero attached hydrogens (tertiary/aromatic N) is 3. The first-order valence-corrected chi connectivity index (χ1v) is 9.20. The molecule has 0 saturated carbocycles. The highest BCUT2D eigenvalue weighted by Crippen LogP contribution is 2.22. The van der Waals surface area contributed by atoms with Gasteiger partial charge in [0, 0.05) is 18.1 Å². The predicted octanol–water partition coefficient (Wildman–Crippen LogP) is 3.76. The molecule has 1 amide bonds. The molecule has 1 aliphatic rings. The lowest BCUT2D eigenvalue weighted by atomic mass is 10.0. The molecule has 138 valence electrons. The van der Waals surface area contributed by atoms with Crippen LogP contribution < -0.4 is 5.32 Å². The number of fused-ring (bicyclic) bond motifs is 1. The Bertz CT molecular complexity index is 947. The molecule has 1 fully saturated rings. The highest BCUT2D eigenvalue weighted by molar-refractivity contribution is 5.94. The van der Waals surface area contributed by atoms with Crippen LogP contribution in [0.5, 0.6) is 0 Å². The summed E-state index contributed by atoms with van der Waals surface area (Å²) in [6, 6.07) is 13.6. The van der Waals surface area contributed by atoms with Crippen molar-refractivity contribution in [1.29, 1.82) is 0 Å². The minimum absolute atomic E-state index is 0.0312. The molecule has 0 bridgehead atoms. The summed E-state index contributed by atoms with van der Waals surface area (Å²) in [7, 11) is 0. The Hall–Kier alpha value is -2.86. The normalized spacial score (nSPS) is 17.7. The van der Waals surface area contributed by atoms with Gasteiger partial charge in [0.2, 0.25) is 5.91 Å². The van der Waals surface area contributed by atoms with E-state index in [1.54, 1.807) is 18.3 Å². The second kappa shape index (κ2) is 7.80. The third-order valence-electron chi connectivity index (χ3n) is 4.91. The molecule has 1 aliphatic heterocycles. The molecule has 0 aliphatic carbocycles. The molecule has 3 heterocycles. The summed E-state index contributed by atoms with van der Waals surface area (Å²) >= 11 is 0. The molecular formula is C21H21FN4O. The number of hydrogen-bond acceptors (Lipinski definition) is 4. The number of aromatic nitrogens is 2. The van der Waals surface area contributed by atoms with Crippen molar-refractivity contribution in [2.45, 2.75) is 31.8 Å². The number of halogens is 1. The lowest BCUT2D eigenvalue weighted by Crippen LogP contribution is -2.46. The van der Waals surface area contributed by atoms with Gasteiger partial charge < -0.3 is 5.32 Å². The highest BCUT2D eigenvalue weighted by Gasteiger charge is 2.29. The number of benzene rings is 1. The Morgan fingerprint density at radius 1 is 1.19 bits per heavy atom. The number of carbonyl (C=O) groups is 1. The van der Waals surface area contributed by atoms with Crippen LogP contribution >= 0.6 is 0 Å².